The Labute approximate surface area is 101 Å². The molecule has 1 saturated carbocycles. The van der Waals surface area contributed by atoms with Crippen molar-refractivity contribution < 1.29 is 0 Å². The van der Waals surface area contributed by atoms with Crippen molar-refractivity contribution in [3.63, 3.8) is 0 Å². The van der Waals surface area contributed by atoms with Crippen molar-refractivity contribution in [2.24, 2.45) is 0 Å². The highest BCUT2D eigenvalue weighted by Crippen LogP contribution is 2.52. The van der Waals surface area contributed by atoms with Crippen molar-refractivity contribution in [1.82, 2.24) is 9.97 Å². The van der Waals surface area contributed by atoms with E-state index in [0.29, 0.717) is 0 Å². The molecule has 0 radical (unpaired) electrons. The second kappa shape index (κ2) is 3.39. The summed E-state index contributed by atoms with van der Waals surface area (Å²) in [6, 6.07) is 10.4. The molecule has 2 aromatic heterocycles. The van der Waals surface area contributed by atoms with Crippen LogP contribution in [0.3, 0.4) is 0 Å². The van der Waals surface area contributed by atoms with Crippen LogP contribution in [0.4, 0.5) is 0 Å². The molecule has 0 saturated heterocycles. The van der Waals surface area contributed by atoms with Crippen LogP contribution in [0, 0.1) is 0 Å². The molecule has 2 heteroatoms. The van der Waals surface area contributed by atoms with Gasteiger partial charge >= 0.3 is 0 Å². The van der Waals surface area contributed by atoms with Gasteiger partial charge in [-0.1, -0.05) is 12.1 Å². The van der Waals surface area contributed by atoms with Gasteiger partial charge in [0.05, 0.1) is 11.4 Å². The van der Waals surface area contributed by atoms with E-state index in [-0.39, 0.29) is 0 Å². The zero-order valence-corrected chi connectivity index (χ0v) is 9.63. The fourth-order valence-corrected chi connectivity index (χ4v) is 3.33. The van der Waals surface area contributed by atoms with Crippen LogP contribution in [0.1, 0.15) is 42.4 Å². The number of fused-ring (bicyclic) bond motifs is 5. The molecule has 0 aliphatic heterocycles. The standard InChI is InChI=1S/C15H14N2/c1-2-8-16-13(3-1)14-7-6-12-10-4-5-11(9-10)15(12)17-14/h1-3,6-8,10-11H,4-5,9H2/t10-,11+/m0/s1. The molecule has 0 spiro atoms. The van der Waals surface area contributed by atoms with Gasteiger partial charge in [-0.05, 0) is 48.9 Å². The quantitative estimate of drug-likeness (QED) is 0.738. The molecule has 0 amide bonds. The van der Waals surface area contributed by atoms with Crippen LogP contribution < -0.4 is 0 Å². The van der Waals surface area contributed by atoms with Gasteiger partial charge < -0.3 is 0 Å². The molecule has 2 aromatic rings. The Balaban J connectivity index is 1.83. The van der Waals surface area contributed by atoms with E-state index < -0.39 is 0 Å². The van der Waals surface area contributed by atoms with E-state index in [1.807, 2.05) is 24.4 Å². The average molecular weight is 222 g/mol. The van der Waals surface area contributed by atoms with Crippen molar-refractivity contribution in [1.29, 1.82) is 0 Å². The topological polar surface area (TPSA) is 25.8 Å². The van der Waals surface area contributed by atoms with Crippen molar-refractivity contribution in [3.8, 4) is 11.4 Å². The molecule has 2 bridgehead atoms. The first kappa shape index (κ1) is 9.34. The van der Waals surface area contributed by atoms with Crippen molar-refractivity contribution in [2.45, 2.75) is 31.1 Å². The molecule has 84 valence electrons. The van der Waals surface area contributed by atoms with Crippen LogP contribution in [0.15, 0.2) is 36.5 Å². The zero-order chi connectivity index (χ0) is 11.2. The molecular weight excluding hydrogens is 208 g/mol. The summed E-state index contributed by atoms with van der Waals surface area (Å²) in [5.41, 5.74) is 4.86. The summed E-state index contributed by atoms with van der Waals surface area (Å²) in [5, 5.41) is 0. The van der Waals surface area contributed by atoms with Crippen LogP contribution >= 0.6 is 0 Å². The van der Waals surface area contributed by atoms with Crippen LogP contribution in [-0.4, -0.2) is 9.97 Å². The Kier molecular flexibility index (Phi) is 1.87. The molecule has 17 heavy (non-hydrogen) atoms. The first-order valence-electron chi connectivity index (χ1n) is 6.34. The van der Waals surface area contributed by atoms with Crippen LogP contribution in [-0.2, 0) is 0 Å². The second-order valence-corrected chi connectivity index (χ2v) is 5.09. The van der Waals surface area contributed by atoms with Gasteiger partial charge in [0.25, 0.3) is 0 Å². The monoisotopic (exact) mass is 222 g/mol. The summed E-state index contributed by atoms with van der Waals surface area (Å²) in [5.74, 6) is 1.51. The Hall–Kier alpha value is -1.70. The summed E-state index contributed by atoms with van der Waals surface area (Å²) in [4.78, 5) is 9.22. The van der Waals surface area contributed by atoms with E-state index in [4.69, 9.17) is 4.98 Å². The van der Waals surface area contributed by atoms with Gasteiger partial charge in [-0.15, -0.1) is 0 Å². The molecule has 2 aliphatic rings. The van der Waals surface area contributed by atoms with Crippen molar-refractivity contribution >= 4 is 0 Å². The molecule has 0 N–H and O–H groups in total. The lowest BCUT2D eigenvalue weighted by molar-refractivity contribution is 0.698. The average Bonchev–Trinajstić information content (AvgIpc) is 3.01. The predicted octanol–water partition coefficient (Wildman–Crippen LogP) is 3.51. The fourth-order valence-electron chi connectivity index (χ4n) is 3.33. The van der Waals surface area contributed by atoms with E-state index in [1.54, 1.807) is 0 Å². The van der Waals surface area contributed by atoms with E-state index >= 15 is 0 Å². The summed E-state index contributed by atoms with van der Waals surface area (Å²) in [6.45, 7) is 0. The number of rotatable bonds is 1. The summed E-state index contributed by atoms with van der Waals surface area (Å²) < 4.78 is 0. The summed E-state index contributed by atoms with van der Waals surface area (Å²) in [6.07, 6.45) is 5.85. The second-order valence-electron chi connectivity index (χ2n) is 5.09. The molecule has 0 aromatic carbocycles. The lowest BCUT2D eigenvalue weighted by atomic mass is 9.95. The smallest absolute Gasteiger partial charge is 0.0889 e. The predicted molar refractivity (Wildman–Crippen MR) is 66.8 cm³/mol. The molecule has 2 aliphatic carbocycles. The largest absolute Gasteiger partial charge is 0.255 e. The van der Waals surface area contributed by atoms with Gasteiger partial charge in [-0.3, -0.25) is 9.97 Å². The molecule has 4 rings (SSSR count). The van der Waals surface area contributed by atoms with E-state index in [9.17, 15) is 0 Å². The minimum Gasteiger partial charge on any atom is -0.255 e. The highest BCUT2D eigenvalue weighted by molar-refractivity contribution is 5.56. The Bertz CT molecular complexity index is 562. The van der Waals surface area contributed by atoms with E-state index in [0.717, 1.165) is 23.2 Å². The Morgan fingerprint density at radius 3 is 2.76 bits per heavy atom. The number of nitrogens with zero attached hydrogens (tertiary/aromatic N) is 2. The molecule has 1 fully saturated rings. The molecular formula is C15H14N2. The lowest BCUT2D eigenvalue weighted by Crippen LogP contribution is -2.02. The van der Waals surface area contributed by atoms with Crippen LogP contribution in [0.5, 0.6) is 0 Å². The third-order valence-electron chi connectivity index (χ3n) is 4.14. The first-order valence-corrected chi connectivity index (χ1v) is 6.34. The van der Waals surface area contributed by atoms with Crippen molar-refractivity contribution in [2.75, 3.05) is 0 Å². The van der Waals surface area contributed by atoms with E-state index in [1.165, 1.54) is 30.5 Å². The maximum Gasteiger partial charge on any atom is 0.0889 e. The molecule has 2 nitrogen and oxygen atoms in total. The Morgan fingerprint density at radius 1 is 0.941 bits per heavy atom. The molecule has 2 atom stereocenters. The summed E-state index contributed by atoms with van der Waals surface area (Å²) in [7, 11) is 0. The minimum absolute atomic E-state index is 0.721. The zero-order valence-electron chi connectivity index (χ0n) is 9.63. The number of pyridine rings is 2. The number of hydrogen-bond acceptors (Lipinski definition) is 2. The molecule has 2 heterocycles. The van der Waals surface area contributed by atoms with Gasteiger partial charge in [0.15, 0.2) is 0 Å². The first-order chi connectivity index (χ1) is 8.42. The Morgan fingerprint density at radius 2 is 1.88 bits per heavy atom. The number of hydrogen-bond donors (Lipinski definition) is 0. The molecule has 0 unspecified atom stereocenters. The van der Waals surface area contributed by atoms with Gasteiger partial charge in [-0.2, -0.15) is 0 Å². The third-order valence-corrected chi connectivity index (χ3v) is 4.14. The highest BCUT2D eigenvalue weighted by Gasteiger charge is 2.37. The lowest BCUT2D eigenvalue weighted by Gasteiger charge is -2.14. The fraction of sp³-hybridized carbons (Fsp3) is 0.333. The summed E-state index contributed by atoms with van der Waals surface area (Å²) >= 11 is 0. The SMILES string of the molecule is c1ccc(-c2ccc3c(n2)[C@@H]2CC[C@H]3C2)nc1. The van der Waals surface area contributed by atoms with Gasteiger partial charge in [0.1, 0.15) is 0 Å². The third kappa shape index (κ3) is 1.33. The maximum atomic E-state index is 4.84. The highest BCUT2D eigenvalue weighted by atomic mass is 14.8. The number of aromatic nitrogens is 2. The van der Waals surface area contributed by atoms with E-state index in [2.05, 4.69) is 17.1 Å². The van der Waals surface area contributed by atoms with Gasteiger partial charge in [0.2, 0.25) is 0 Å². The maximum absolute atomic E-state index is 4.84. The van der Waals surface area contributed by atoms with Crippen molar-refractivity contribution in [3.05, 3.63) is 47.8 Å². The normalized spacial score (nSPS) is 24.9. The van der Waals surface area contributed by atoms with Gasteiger partial charge in [-0.25, -0.2) is 0 Å². The minimum atomic E-state index is 0.721. The van der Waals surface area contributed by atoms with Gasteiger partial charge in [0, 0.05) is 17.8 Å². The van der Waals surface area contributed by atoms with Crippen LogP contribution in [0.2, 0.25) is 0 Å². The van der Waals surface area contributed by atoms with Crippen LogP contribution in [0.25, 0.3) is 11.4 Å².